The summed E-state index contributed by atoms with van der Waals surface area (Å²) in [5.74, 6) is 0.158. The van der Waals surface area contributed by atoms with Gasteiger partial charge < -0.3 is 25.4 Å². The molecule has 1 aliphatic heterocycles. The van der Waals surface area contributed by atoms with Crippen molar-refractivity contribution in [2.75, 3.05) is 13.6 Å². The van der Waals surface area contributed by atoms with Crippen molar-refractivity contribution in [2.24, 2.45) is 5.92 Å². The highest BCUT2D eigenvalue weighted by Crippen LogP contribution is 2.54. The van der Waals surface area contributed by atoms with E-state index in [0.29, 0.717) is 24.8 Å². The van der Waals surface area contributed by atoms with Crippen molar-refractivity contribution in [1.29, 1.82) is 0 Å². The van der Waals surface area contributed by atoms with Gasteiger partial charge >= 0.3 is 0 Å². The van der Waals surface area contributed by atoms with E-state index >= 15 is 0 Å². The third kappa shape index (κ3) is 3.33. The number of hydrogen-bond donors (Lipinski definition) is 4. The zero-order chi connectivity index (χ0) is 25.5. The second-order valence-electron chi connectivity index (χ2n) is 11.4. The number of aromatic nitrogens is 1. The number of benzene rings is 2. The number of pyridine rings is 1. The summed E-state index contributed by atoms with van der Waals surface area (Å²) in [6.07, 6.45) is 3.13. The Bertz CT molecular complexity index is 1500. The third-order valence-corrected chi connectivity index (χ3v) is 9.59. The van der Waals surface area contributed by atoms with Crippen molar-refractivity contribution in [3.8, 4) is 5.75 Å². The van der Waals surface area contributed by atoms with Crippen LogP contribution in [0.4, 0.5) is 0 Å². The fourth-order valence-corrected chi connectivity index (χ4v) is 7.75. The first kappa shape index (κ1) is 22.8. The van der Waals surface area contributed by atoms with Gasteiger partial charge in [-0.25, -0.2) is 0 Å². The quantitative estimate of drug-likeness (QED) is 0.435. The number of amides is 1. The Morgan fingerprint density at radius 1 is 1.08 bits per heavy atom. The van der Waals surface area contributed by atoms with E-state index in [4.69, 9.17) is 0 Å². The molecular weight excluding hydrogens is 466 g/mol. The molecule has 2 aromatic carbocycles. The highest BCUT2D eigenvalue weighted by Gasteiger charge is 2.54. The summed E-state index contributed by atoms with van der Waals surface area (Å²) in [5, 5.41) is 23.8. The molecule has 0 unspecified atom stereocenters. The van der Waals surface area contributed by atoms with Crippen molar-refractivity contribution in [1.82, 2.24) is 15.2 Å². The summed E-state index contributed by atoms with van der Waals surface area (Å²) in [4.78, 5) is 32.0. The van der Waals surface area contributed by atoms with Crippen LogP contribution in [0.1, 0.15) is 56.3 Å². The SMILES string of the molecule is CN1CC[C@]23Cc4[nH]c(=O)c(C(=O)N[C@H]5c6ccccc6C[C@H]5O)cc4C[C@H]2[C@H]1Cc1ccc(O)cc13. The first-order valence-corrected chi connectivity index (χ1v) is 13.2. The molecule has 7 nitrogen and oxygen atoms in total. The topological polar surface area (TPSA) is 106 Å². The lowest BCUT2D eigenvalue weighted by Gasteiger charge is -2.58. The number of likely N-dealkylation sites (tertiary alicyclic amines) is 1. The van der Waals surface area contributed by atoms with E-state index in [9.17, 15) is 19.8 Å². The zero-order valence-electron chi connectivity index (χ0n) is 20.8. The maximum atomic E-state index is 13.3. The predicted octanol–water partition coefficient (Wildman–Crippen LogP) is 2.38. The van der Waals surface area contributed by atoms with Crippen molar-refractivity contribution < 1.29 is 15.0 Å². The van der Waals surface area contributed by atoms with E-state index in [-0.39, 0.29) is 16.7 Å². The smallest absolute Gasteiger partial charge is 0.261 e. The summed E-state index contributed by atoms with van der Waals surface area (Å²) >= 11 is 0. The number of nitrogens with one attached hydrogen (secondary N) is 2. The third-order valence-electron chi connectivity index (χ3n) is 9.59. The minimum atomic E-state index is -0.716. The number of aromatic hydroxyl groups is 1. The Balaban J connectivity index is 1.25. The Labute approximate surface area is 215 Å². The summed E-state index contributed by atoms with van der Waals surface area (Å²) in [5.41, 5.74) is 5.88. The monoisotopic (exact) mass is 497 g/mol. The number of phenolic OH excluding ortho intramolecular Hbond substituents is 1. The highest BCUT2D eigenvalue weighted by molar-refractivity contribution is 5.94. The molecule has 4 aliphatic rings. The number of fused-ring (bicyclic) bond motifs is 3. The molecule has 1 fully saturated rings. The fraction of sp³-hybridized carbons (Fsp3) is 0.400. The lowest BCUT2D eigenvalue weighted by atomic mass is 9.52. The molecule has 1 amide bonds. The lowest BCUT2D eigenvalue weighted by Crippen LogP contribution is -2.61. The van der Waals surface area contributed by atoms with Gasteiger partial charge in [0, 0.05) is 23.6 Å². The first-order chi connectivity index (χ1) is 17.8. The van der Waals surface area contributed by atoms with Crippen molar-refractivity contribution in [3.05, 3.63) is 98.0 Å². The van der Waals surface area contributed by atoms with Crippen LogP contribution in [0.2, 0.25) is 0 Å². The molecule has 2 bridgehead atoms. The van der Waals surface area contributed by atoms with Crippen LogP contribution in [0.25, 0.3) is 0 Å². The van der Waals surface area contributed by atoms with Gasteiger partial charge in [0.05, 0.1) is 12.1 Å². The number of hydrogen-bond acceptors (Lipinski definition) is 5. The molecule has 7 heteroatoms. The maximum Gasteiger partial charge on any atom is 0.261 e. The summed E-state index contributed by atoms with van der Waals surface area (Å²) in [6.45, 7) is 0.974. The predicted molar refractivity (Wildman–Crippen MR) is 139 cm³/mol. The van der Waals surface area contributed by atoms with E-state index in [2.05, 4.69) is 28.3 Å². The number of nitrogens with zero attached hydrogens (tertiary/aromatic N) is 1. The van der Waals surface area contributed by atoms with Crippen LogP contribution in [0.5, 0.6) is 5.75 Å². The molecule has 37 heavy (non-hydrogen) atoms. The van der Waals surface area contributed by atoms with Gasteiger partial charge in [-0.3, -0.25) is 9.59 Å². The second-order valence-corrected chi connectivity index (χ2v) is 11.4. The van der Waals surface area contributed by atoms with Crippen LogP contribution in [0.3, 0.4) is 0 Å². The number of phenols is 1. The van der Waals surface area contributed by atoms with Gasteiger partial charge in [-0.15, -0.1) is 0 Å². The minimum absolute atomic E-state index is 0.0960. The van der Waals surface area contributed by atoms with Gasteiger partial charge in [0.2, 0.25) is 0 Å². The molecule has 0 saturated carbocycles. The van der Waals surface area contributed by atoms with Crippen LogP contribution < -0.4 is 10.9 Å². The van der Waals surface area contributed by atoms with Gasteiger partial charge in [-0.2, -0.15) is 0 Å². The van der Waals surface area contributed by atoms with E-state index in [1.54, 1.807) is 12.1 Å². The van der Waals surface area contributed by atoms with Crippen LogP contribution in [0, 0.1) is 5.92 Å². The van der Waals surface area contributed by atoms with Crippen molar-refractivity contribution in [3.63, 3.8) is 0 Å². The first-order valence-electron chi connectivity index (χ1n) is 13.2. The Morgan fingerprint density at radius 2 is 1.92 bits per heavy atom. The van der Waals surface area contributed by atoms with E-state index in [1.165, 1.54) is 11.1 Å². The normalized spacial score (nSPS) is 29.6. The average molecular weight is 498 g/mol. The standard InChI is InChI=1S/C30H31N3O4/c1-33-9-8-30-15-24-18(11-23(30)25(33)12-17-6-7-19(34)14-22(17)30)10-21(28(36)31-24)29(37)32-27-20-5-3-2-4-16(20)13-26(27)35/h2-7,10,14,23,25-27,34-35H,8-9,11-13,15H2,1H3,(H,31,36)(H,32,37)/t23-,25+,26+,27-,30+/m0/s1. The largest absolute Gasteiger partial charge is 0.508 e. The Hall–Kier alpha value is -3.42. The van der Waals surface area contributed by atoms with Gasteiger partial charge in [-0.1, -0.05) is 30.3 Å². The van der Waals surface area contributed by atoms with E-state index < -0.39 is 23.6 Å². The summed E-state index contributed by atoms with van der Waals surface area (Å²) < 4.78 is 0. The van der Waals surface area contributed by atoms with Crippen LogP contribution in [-0.4, -0.2) is 51.7 Å². The fourth-order valence-electron chi connectivity index (χ4n) is 7.75. The van der Waals surface area contributed by atoms with Gasteiger partial charge in [-0.05, 0) is 91.2 Å². The molecule has 4 N–H and O–H groups in total. The lowest BCUT2D eigenvalue weighted by molar-refractivity contribution is 0.0233. The molecule has 0 spiro atoms. The van der Waals surface area contributed by atoms with Gasteiger partial charge in [0.1, 0.15) is 11.3 Å². The zero-order valence-corrected chi connectivity index (χ0v) is 20.8. The number of piperidine rings is 1. The summed E-state index contributed by atoms with van der Waals surface area (Å²) in [7, 11) is 2.19. The van der Waals surface area contributed by atoms with Crippen LogP contribution in [-0.2, 0) is 31.1 Å². The minimum Gasteiger partial charge on any atom is -0.508 e. The number of carbonyl (C=O) groups is 1. The number of carbonyl (C=O) groups excluding carboxylic acids is 1. The van der Waals surface area contributed by atoms with Crippen molar-refractivity contribution >= 4 is 5.91 Å². The van der Waals surface area contributed by atoms with Crippen LogP contribution >= 0.6 is 0 Å². The number of aliphatic hydroxyl groups is 1. The van der Waals surface area contributed by atoms with Crippen LogP contribution in [0.15, 0.2) is 53.3 Å². The van der Waals surface area contributed by atoms with Crippen molar-refractivity contribution in [2.45, 2.75) is 55.7 Å². The van der Waals surface area contributed by atoms with Gasteiger partial charge in [0.15, 0.2) is 0 Å². The molecule has 1 saturated heterocycles. The Kier molecular flexibility index (Phi) is 4.94. The average Bonchev–Trinajstić information content (AvgIpc) is 3.19. The molecule has 3 aromatic rings. The number of aliphatic hydroxyl groups excluding tert-OH is 1. The Morgan fingerprint density at radius 3 is 2.78 bits per heavy atom. The van der Waals surface area contributed by atoms with Gasteiger partial charge in [0.25, 0.3) is 11.5 Å². The molecule has 1 aromatic heterocycles. The number of likely N-dealkylation sites (N-methyl/N-ethyl adjacent to an activating group) is 1. The summed E-state index contributed by atoms with van der Waals surface area (Å²) in [6, 6.07) is 15.1. The molecule has 3 aliphatic carbocycles. The molecule has 2 heterocycles. The molecule has 190 valence electrons. The molecule has 5 atom stereocenters. The number of rotatable bonds is 2. The molecular formula is C30H31N3O4. The number of H-pyrrole nitrogens is 1. The highest BCUT2D eigenvalue weighted by atomic mass is 16.3. The molecule has 7 rings (SSSR count). The van der Waals surface area contributed by atoms with E-state index in [1.807, 2.05) is 30.3 Å². The van der Waals surface area contributed by atoms with E-state index in [0.717, 1.165) is 48.2 Å². The molecule has 0 radical (unpaired) electrons. The maximum absolute atomic E-state index is 13.3. The number of aromatic amines is 1. The second kappa shape index (κ2) is 8.04.